The molecule has 1 atom stereocenters. The lowest BCUT2D eigenvalue weighted by Crippen LogP contribution is -2.35. The van der Waals surface area contributed by atoms with Crippen LogP contribution in [0.3, 0.4) is 0 Å². The van der Waals surface area contributed by atoms with Gasteiger partial charge in [0.1, 0.15) is 0 Å². The zero-order valence-electron chi connectivity index (χ0n) is 10.7. The minimum atomic E-state index is -1.17. The second-order valence-electron chi connectivity index (χ2n) is 4.02. The number of hydrogen-bond acceptors (Lipinski definition) is 4. The molecule has 0 saturated heterocycles. The molecule has 0 aliphatic heterocycles. The Kier molecular flexibility index (Phi) is 5.04. The molecule has 1 heterocycles. The fourth-order valence-electron chi connectivity index (χ4n) is 1.46. The Morgan fingerprint density at radius 1 is 1.47 bits per heavy atom. The number of nitrogens with one attached hydrogen (secondary N) is 2. The molecule has 0 radical (unpaired) electrons. The summed E-state index contributed by atoms with van der Waals surface area (Å²) in [6.45, 7) is 1.51. The fraction of sp³-hybridized carbons (Fsp3) is 0.455. The molecule has 1 aromatic heterocycles. The van der Waals surface area contributed by atoms with Gasteiger partial charge in [-0.25, -0.2) is 4.79 Å². The van der Waals surface area contributed by atoms with E-state index < -0.39 is 17.9 Å². The lowest BCUT2D eigenvalue weighted by Gasteiger charge is -2.12. The highest BCUT2D eigenvalue weighted by molar-refractivity contribution is 5.84. The molecule has 1 unspecified atom stereocenters. The van der Waals surface area contributed by atoms with Crippen molar-refractivity contribution in [1.29, 1.82) is 0 Å². The first-order valence-corrected chi connectivity index (χ1v) is 5.65. The van der Waals surface area contributed by atoms with E-state index in [1.807, 2.05) is 0 Å². The van der Waals surface area contributed by atoms with Gasteiger partial charge in [-0.05, 0) is 0 Å². The highest BCUT2D eigenvalue weighted by Crippen LogP contribution is 2.11. The summed E-state index contributed by atoms with van der Waals surface area (Å²) in [4.78, 5) is 33.3. The van der Waals surface area contributed by atoms with Crippen LogP contribution in [0, 0.1) is 0 Å². The van der Waals surface area contributed by atoms with E-state index in [0.29, 0.717) is 5.56 Å². The fourth-order valence-corrected chi connectivity index (χ4v) is 1.46. The van der Waals surface area contributed by atoms with E-state index >= 15 is 0 Å². The number of aromatic nitrogens is 2. The number of aryl methyl sites for hydroxylation is 1. The van der Waals surface area contributed by atoms with E-state index in [2.05, 4.69) is 15.7 Å². The molecule has 1 aromatic rings. The molecule has 2 amide bonds. The molecule has 0 aliphatic rings. The van der Waals surface area contributed by atoms with Crippen molar-refractivity contribution in [3.05, 3.63) is 18.0 Å². The van der Waals surface area contributed by atoms with E-state index in [4.69, 9.17) is 5.11 Å². The Labute approximate surface area is 109 Å². The standard InChI is InChI=1S/C11H16N4O4/c1-7(16)12-4-3-9(17)14-10(11(18)19)8-5-13-15(2)6-8/h5-6,10H,3-4H2,1-2H3,(H,12,16)(H,14,17)(H,18,19). The lowest BCUT2D eigenvalue weighted by molar-refractivity contribution is -0.142. The first kappa shape index (κ1) is 14.7. The van der Waals surface area contributed by atoms with Crippen molar-refractivity contribution in [3.8, 4) is 0 Å². The summed E-state index contributed by atoms with van der Waals surface area (Å²) in [5.41, 5.74) is 0.392. The Morgan fingerprint density at radius 2 is 2.16 bits per heavy atom. The van der Waals surface area contributed by atoms with Gasteiger partial charge in [-0.15, -0.1) is 0 Å². The summed E-state index contributed by atoms with van der Waals surface area (Å²) >= 11 is 0. The van der Waals surface area contributed by atoms with Gasteiger partial charge >= 0.3 is 5.97 Å². The van der Waals surface area contributed by atoms with Crippen LogP contribution in [0.5, 0.6) is 0 Å². The molecule has 8 nitrogen and oxygen atoms in total. The van der Waals surface area contributed by atoms with Gasteiger partial charge in [0.2, 0.25) is 11.8 Å². The first-order valence-electron chi connectivity index (χ1n) is 5.65. The Balaban J connectivity index is 2.57. The summed E-state index contributed by atoms with van der Waals surface area (Å²) in [6, 6.07) is -1.14. The quantitative estimate of drug-likeness (QED) is 0.624. The third kappa shape index (κ3) is 4.78. The molecule has 0 aliphatic carbocycles. The summed E-state index contributed by atoms with van der Waals surface area (Å²) < 4.78 is 1.45. The summed E-state index contributed by atoms with van der Waals surface area (Å²) in [5.74, 6) is -1.86. The first-order chi connectivity index (χ1) is 8.90. The maximum Gasteiger partial charge on any atom is 0.331 e. The zero-order chi connectivity index (χ0) is 14.4. The number of carboxylic acids is 1. The van der Waals surface area contributed by atoms with Crippen LogP contribution in [0.25, 0.3) is 0 Å². The predicted molar refractivity (Wildman–Crippen MR) is 65.0 cm³/mol. The molecule has 0 spiro atoms. The van der Waals surface area contributed by atoms with Crippen molar-refractivity contribution in [2.45, 2.75) is 19.4 Å². The third-order valence-corrected chi connectivity index (χ3v) is 2.34. The molecular formula is C11H16N4O4. The minimum Gasteiger partial charge on any atom is -0.479 e. The monoisotopic (exact) mass is 268 g/mol. The van der Waals surface area contributed by atoms with Gasteiger partial charge in [-0.3, -0.25) is 14.3 Å². The Bertz CT molecular complexity index is 483. The second kappa shape index (κ2) is 6.53. The van der Waals surface area contributed by atoms with Gasteiger partial charge in [0.15, 0.2) is 6.04 Å². The van der Waals surface area contributed by atoms with Crippen LogP contribution in [0.2, 0.25) is 0 Å². The Morgan fingerprint density at radius 3 is 2.63 bits per heavy atom. The number of carbonyl (C=O) groups excluding carboxylic acids is 2. The second-order valence-corrected chi connectivity index (χ2v) is 4.02. The van der Waals surface area contributed by atoms with E-state index in [1.165, 1.54) is 24.0 Å². The molecule has 0 fully saturated rings. The van der Waals surface area contributed by atoms with Gasteiger partial charge in [0, 0.05) is 38.7 Å². The maximum absolute atomic E-state index is 11.6. The summed E-state index contributed by atoms with van der Waals surface area (Å²) in [6.07, 6.45) is 2.92. The smallest absolute Gasteiger partial charge is 0.331 e. The van der Waals surface area contributed by atoms with Crippen LogP contribution in [0.1, 0.15) is 24.9 Å². The molecule has 104 valence electrons. The van der Waals surface area contributed by atoms with Crippen molar-refractivity contribution in [3.63, 3.8) is 0 Å². The topological polar surface area (TPSA) is 113 Å². The molecule has 0 bridgehead atoms. The van der Waals surface area contributed by atoms with Crippen LogP contribution in [0.4, 0.5) is 0 Å². The average molecular weight is 268 g/mol. The number of hydrogen-bond donors (Lipinski definition) is 3. The van der Waals surface area contributed by atoms with Gasteiger partial charge in [0.05, 0.1) is 6.20 Å². The van der Waals surface area contributed by atoms with Crippen molar-refractivity contribution >= 4 is 17.8 Å². The Hall–Kier alpha value is -2.38. The summed E-state index contributed by atoms with van der Waals surface area (Å²) in [7, 11) is 1.65. The summed E-state index contributed by atoms with van der Waals surface area (Å²) in [5, 5.41) is 17.8. The SMILES string of the molecule is CC(=O)NCCC(=O)NC(C(=O)O)c1cnn(C)c1. The van der Waals surface area contributed by atoms with Gasteiger partial charge in [0.25, 0.3) is 0 Å². The van der Waals surface area contributed by atoms with E-state index in [0.717, 1.165) is 0 Å². The number of nitrogens with zero attached hydrogens (tertiary/aromatic N) is 2. The van der Waals surface area contributed by atoms with Crippen molar-refractivity contribution < 1.29 is 19.5 Å². The van der Waals surface area contributed by atoms with Gasteiger partial charge < -0.3 is 15.7 Å². The highest BCUT2D eigenvalue weighted by Gasteiger charge is 2.23. The molecule has 8 heteroatoms. The maximum atomic E-state index is 11.6. The van der Waals surface area contributed by atoms with Crippen molar-refractivity contribution in [2.75, 3.05) is 6.54 Å². The lowest BCUT2D eigenvalue weighted by atomic mass is 10.1. The third-order valence-electron chi connectivity index (χ3n) is 2.34. The van der Waals surface area contributed by atoms with Gasteiger partial charge in [-0.1, -0.05) is 0 Å². The number of rotatable bonds is 6. The normalized spacial score (nSPS) is 11.7. The van der Waals surface area contributed by atoms with E-state index in [1.54, 1.807) is 7.05 Å². The molecule has 0 aromatic carbocycles. The number of carbonyl (C=O) groups is 3. The van der Waals surface area contributed by atoms with Crippen LogP contribution >= 0.6 is 0 Å². The van der Waals surface area contributed by atoms with Crippen LogP contribution in [-0.2, 0) is 21.4 Å². The number of amides is 2. The predicted octanol–water partition coefficient (Wildman–Crippen LogP) is -0.812. The van der Waals surface area contributed by atoms with E-state index in [9.17, 15) is 14.4 Å². The van der Waals surface area contributed by atoms with Crippen molar-refractivity contribution in [1.82, 2.24) is 20.4 Å². The molecule has 1 rings (SSSR count). The molecule has 19 heavy (non-hydrogen) atoms. The molecule has 0 saturated carbocycles. The highest BCUT2D eigenvalue weighted by atomic mass is 16.4. The minimum absolute atomic E-state index is 0.0175. The van der Waals surface area contributed by atoms with Crippen LogP contribution < -0.4 is 10.6 Å². The van der Waals surface area contributed by atoms with Crippen LogP contribution in [-0.4, -0.2) is 39.2 Å². The van der Waals surface area contributed by atoms with Crippen molar-refractivity contribution in [2.24, 2.45) is 7.05 Å². The van der Waals surface area contributed by atoms with E-state index in [-0.39, 0.29) is 18.9 Å². The molecule has 3 N–H and O–H groups in total. The zero-order valence-corrected chi connectivity index (χ0v) is 10.7. The number of carboxylic acid groups (broad SMARTS) is 1. The van der Waals surface area contributed by atoms with Gasteiger partial charge in [-0.2, -0.15) is 5.10 Å². The average Bonchev–Trinajstić information content (AvgIpc) is 2.71. The van der Waals surface area contributed by atoms with Crippen LogP contribution in [0.15, 0.2) is 12.4 Å². The largest absolute Gasteiger partial charge is 0.479 e. The number of aliphatic carboxylic acids is 1. The molecular weight excluding hydrogens is 252 g/mol.